The van der Waals surface area contributed by atoms with Crippen molar-refractivity contribution in [2.24, 2.45) is 0 Å². The van der Waals surface area contributed by atoms with E-state index >= 15 is 0 Å². The van der Waals surface area contributed by atoms with Crippen LogP contribution in [0.3, 0.4) is 0 Å². The lowest BCUT2D eigenvalue weighted by Gasteiger charge is -2.17. The van der Waals surface area contributed by atoms with Crippen LogP contribution in [-0.4, -0.2) is 19.1 Å². The van der Waals surface area contributed by atoms with Gasteiger partial charge in [0.15, 0.2) is 0 Å². The Hall–Kier alpha value is -2.08. The van der Waals surface area contributed by atoms with E-state index < -0.39 is 0 Å². The first-order chi connectivity index (χ1) is 7.65. The van der Waals surface area contributed by atoms with Crippen LogP contribution < -0.4 is 4.90 Å². The molecule has 0 saturated heterocycles. The van der Waals surface area contributed by atoms with Gasteiger partial charge < -0.3 is 4.90 Å². The fraction of sp³-hybridized carbons (Fsp3) is 0.231. The van der Waals surface area contributed by atoms with Gasteiger partial charge in [0.2, 0.25) is 0 Å². The van der Waals surface area contributed by atoms with Crippen molar-refractivity contribution < 1.29 is 0 Å². The molecule has 1 aromatic heterocycles. The van der Waals surface area contributed by atoms with Crippen molar-refractivity contribution in [2.75, 3.05) is 19.0 Å². The Kier molecular flexibility index (Phi) is 2.49. The molecule has 0 aliphatic carbocycles. The summed E-state index contributed by atoms with van der Waals surface area (Å²) in [4.78, 5) is 6.31. The summed E-state index contributed by atoms with van der Waals surface area (Å²) in [6.45, 7) is 2.03. The predicted octanol–water partition coefficient (Wildman–Crippen LogP) is 2.48. The van der Waals surface area contributed by atoms with Gasteiger partial charge in [-0.1, -0.05) is 18.2 Å². The Morgan fingerprint density at radius 2 is 2.06 bits per heavy atom. The largest absolute Gasteiger partial charge is 0.376 e. The van der Waals surface area contributed by atoms with Crippen LogP contribution in [0.15, 0.2) is 24.4 Å². The molecule has 3 nitrogen and oxygen atoms in total. The van der Waals surface area contributed by atoms with Gasteiger partial charge in [-0.25, -0.2) is 0 Å². The molecule has 1 aromatic carbocycles. The quantitative estimate of drug-likeness (QED) is 0.727. The number of hydrogen-bond donors (Lipinski definition) is 0. The summed E-state index contributed by atoms with van der Waals surface area (Å²) in [6.07, 6.45) is 1.64. The number of nitriles is 1. The zero-order valence-corrected chi connectivity index (χ0v) is 9.65. The summed E-state index contributed by atoms with van der Waals surface area (Å²) in [5, 5.41) is 10.1. The Morgan fingerprint density at radius 1 is 1.31 bits per heavy atom. The van der Waals surface area contributed by atoms with E-state index in [9.17, 15) is 0 Å². The van der Waals surface area contributed by atoms with E-state index in [1.807, 2.05) is 44.1 Å². The van der Waals surface area contributed by atoms with E-state index in [-0.39, 0.29) is 0 Å². The molecule has 0 aliphatic heterocycles. The van der Waals surface area contributed by atoms with Crippen molar-refractivity contribution in [3.8, 4) is 6.07 Å². The summed E-state index contributed by atoms with van der Waals surface area (Å²) in [6, 6.07) is 8.21. The van der Waals surface area contributed by atoms with Gasteiger partial charge in [0, 0.05) is 25.7 Å². The number of anilines is 1. The average molecular weight is 211 g/mol. The molecule has 0 aliphatic rings. The van der Waals surface area contributed by atoms with Gasteiger partial charge in [0.05, 0.1) is 16.8 Å². The number of aromatic nitrogens is 1. The van der Waals surface area contributed by atoms with Crippen LogP contribution in [0.25, 0.3) is 10.9 Å². The Balaban J connectivity index is 2.91. The second-order valence-electron chi connectivity index (χ2n) is 4.00. The fourth-order valence-corrected chi connectivity index (χ4v) is 1.92. The number of nitrogens with zero attached hydrogens (tertiary/aromatic N) is 3. The highest BCUT2D eigenvalue weighted by Gasteiger charge is 2.11. The third kappa shape index (κ3) is 1.49. The zero-order valence-electron chi connectivity index (χ0n) is 9.65. The molecule has 0 N–H and O–H groups in total. The normalized spacial score (nSPS) is 10.1. The molecule has 0 amide bonds. The Morgan fingerprint density at radius 3 is 2.69 bits per heavy atom. The molecule has 0 spiro atoms. The van der Waals surface area contributed by atoms with Gasteiger partial charge in [0.1, 0.15) is 6.07 Å². The monoisotopic (exact) mass is 211 g/mol. The van der Waals surface area contributed by atoms with Crippen LogP contribution in [0.4, 0.5) is 5.69 Å². The lowest BCUT2D eigenvalue weighted by Crippen LogP contribution is -2.11. The molecular formula is C13H13N3. The van der Waals surface area contributed by atoms with Crippen molar-refractivity contribution in [2.45, 2.75) is 6.92 Å². The number of fused-ring (bicyclic) bond motifs is 1. The minimum absolute atomic E-state index is 0.614. The maximum atomic E-state index is 9.08. The van der Waals surface area contributed by atoms with Crippen LogP contribution in [0.5, 0.6) is 0 Å². The van der Waals surface area contributed by atoms with Gasteiger partial charge in [-0.2, -0.15) is 5.26 Å². The molecule has 80 valence electrons. The molecule has 0 bridgehead atoms. The first-order valence-corrected chi connectivity index (χ1v) is 5.11. The molecule has 0 radical (unpaired) electrons. The topological polar surface area (TPSA) is 39.9 Å². The molecule has 3 heteroatoms. The van der Waals surface area contributed by atoms with E-state index in [2.05, 4.69) is 11.1 Å². The molecule has 16 heavy (non-hydrogen) atoms. The number of hydrogen-bond acceptors (Lipinski definition) is 3. The molecule has 0 unspecified atom stereocenters. The van der Waals surface area contributed by atoms with Crippen LogP contribution in [-0.2, 0) is 0 Å². The minimum atomic E-state index is 0.614. The van der Waals surface area contributed by atoms with Gasteiger partial charge in [-0.15, -0.1) is 0 Å². The number of benzene rings is 1. The van der Waals surface area contributed by atoms with Crippen molar-refractivity contribution in [1.82, 2.24) is 4.98 Å². The maximum absolute atomic E-state index is 9.08. The predicted molar refractivity (Wildman–Crippen MR) is 65.5 cm³/mol. The van der Waals surface area contributed by atoms with Crippen molar-refractivity contribution in [1.29, 1.82) is 5.26 Å². The highest BCUT2D eigenvalue weighted by Crippen LogP contribution is 2.29. The molecule has 0 saturated carbocycles. The van der Waals surface area contributed by atoms with Crippen molar-refractivity contribution in [3.63, 3.8) is 0 Å². The highest BCUT2D eigenvalue weighted by atomic mass is 15.1. The summed E-state index contributed by atoms with van der Waals surface area (Å²) >= 11 is 0. The maximum Gasteiger partial charge on any atom is 0.103 e. The fourth-order valence-electron chi connectivity index (χ4n) is 1.92. The van der Waals surface area contributed by atoms with Gasteiger partial charge in [-0.05, 0) is 12.5 Å². The van der Waals surface area contributed by atoms with Gasteiger partial charge in [-0.3, -0.25) is 4.98 Å². The standard InChI is InChI=1S/C13H13N3/c1-9-5-4-6-11-12(9)15-8-10(7-14)13(11)16(2)3/h4-6,8H,1-3H3. The molecular weight excluding hydrogens is 198 g/mol. The molecule has 2 rings (SSSR count). The molecule has 2 aromatic rings. The highest BCUT2D eigenvalue weighted by molar-refractivity contribution is 5.95. The first kappa shape index (κ1) is 10.4. The van der Waals surface area contributed by atoms with E-state index in [0.717, 1.165) is 22.2 Å². The second-order valence-corrected chi connectivity index (χ2v) is 4.00. The van der Waals surface area contributed by atoms with Crippen molar-refractivity contribution in [3.05, 3.63) is 35.5 Å². The van der Waals surface area contributed by atoms with Crippen LogP contribution in [0, 0.1) is 18.3 Å². The van der Waals surface area contributed by atoms with Crippen LogP contribution in [0.1, 0.15) is 11.1 Å². The molecule has 0 atom stereocenters. The van der Waals surface area contributed by atoms with E-state index in [1.165, 1.54) is 0 Å². The van der Waals surface area contributed by atoms with E-state index in [1.54, 1.807) is 6.20 Å². The van der Waals surface area contributed by atoms with Crippen LogP contribution >= 0.6 is 0 Å². The number of pyridine rings is 1. The summed E-state index contributed by atoms with van der Waals surface area (Å²) in [5.41, 5.74) is 3.65. The number of rotatable bonds is 1. The Labute approximate surface area is 94.9 Å². The second kappa shape index (κ2) is 3.82. The zero-order chi connectivity index (χ0) is 11.7. The average Bonchev–Trinajstić information content (AvgIpc) is 2.27. The van der Waals surface area contributed by atoms with Gasteiger partial charge in [0.25, 0.3) is 0 Å². The molecule has 0 fully saturated rings. The summed E-state index contributed by atoms with van der Waals surface area (Å²) in [7, 11) is 3.88. The summed E-state index contributed by atoms with van der Waals surface area (Å²) < 4.78 is 0. The smallest absolute Gasteiger partial charge is 0.103 e. The van der Waals surface area contributed by atoms with E-state index in [4.69, 9.17) is 5.26 Å². The van der Waals surface area contributed by atoms with Crippen LogP contribution in [0.2, 0.25) is 0 Å². The number of para-hydroxylation sites is 1. The van der Waals surface area contributed by atoms with Crippen molar-refractivity contribution >= 4 is 16.6 Å². The van der Waals surface area contributed by atoms with E-state index in [0.29, 0.717) is 5.56 Å². The van der Waals surface area contributed by atoms with Gasteiger partial charge >= 0.3 is 0 Å². The molecule has 1 heterocycles. The Bertz CT molecular complexity index is 579. The number of aryl methyl sites for hydroxylation is 1. The lowest BCUT2D eigenvalue weighted by molar-refractivity contribution is 1.13. The lowest BCUT2D eigenvalue weighted by atomic mass is 10.1. The SMILES string of the molecule is Cc1cccc2c(N(C)C)c(C#N)cnc12. The third-order valence-corrected chi connectivity index (χ3v) is 2.64. The first-order valence-electron chi connectivity index (χ1n) is 5.11. The summed E-state index contributed by atoms with van der Waals surface area (Å²) in [5.74, 6) is 0. The minimum Gasteiger partial charge on any atom is -0.376 e. The third-order valence-electron chi connectivity index (χ3n) is 2.64.